The van der Waals surface area contributed by atoms with Crippen LogP contribution in [0, 0.1) is 5.41 Å². The first-order chi connectivity index (χ1) is 14.8. The van der Waals surface area contributed by atoms with Crippen LogP contribution in [-0.4, -0.2) is 20.8 Å². The summed E-state index contributed by atoms with van der Waals surface area (Å²) in [6, 6.07) is 14.6. The molecule has 5 heteroatoms. The Morgan fingerprint density at radius 2 is 1.62 bits per heavy atom. The van der Waals surface area contributed by atoms with Crippen molar-refractivity contribution >= 4 is 40.2 Å². The number of thioether (sulfide) groups is 1. The lowest BCUT2D eigenvalue weighted by atomic mass is 9.85. The molecule has 0 amide bonds. The second-order valence-electron chi connectivity index (χ2n) is 10.5. The average molecular weight is 472 g/mol. The highest BCUT2D eigenvalue weighted by Crippen LogP contribution is 2.48. The average Bonchev–Trinajstić information content (AvgIpc) is 3.02. The number of carboxylic acids is 1. The number of carbonyl (C=O) groups is 1. The molecule has 1 aromatic heterocycles. The highest BCUT2D eigenvalue weighted by atomic mass is 35.5. The quantitative estimate of drug-likeness (QED) is 0.365. The van der Waals surface area contributed by atoms with Gasteiger partial charge in [0.25, 0.3) is 0 Å². The number of nitrogens with one attached hydrogen (secondary N) is 1. The van der Waals surface area contributed by atoms with Crippen LogP contribution in [0.15, 0.2) is 42.5 Å². The van der Waals surface area contributed by atoms with Gasteiger partial charge >= 0.3 is 5.97 Å². The van der Waals surface area contributed by atoms with E-state index < -0.39 is 11.4 Å². The Morgan fingerprint density at radius 3 is 2.16 bits per heavy atom. The highest BCUT2D eigenvalue weighted by molar-refractivity contribution is 8.01. The van der Waals surface area contributed by atoms with Crippen molar-refractivity contribution in [2.24, 2.45) is 5.41 Å². The normalized spacial score (nSPS) is 13.7. The number of aromatic nitrogens is 1. The van der Waals surface area contributed by atoms with Crippen molar-refractivity contribution in [2.75, 3.05) is 0 Å². The lowest BCUT2D eigenvalue weighted by molar-refractivity contribution is -0.146. The van der Waals surface area contributed by atoms with E-state index in [1.54, 1.807) is 13.8 Å². The number of benzene rings is 2. The van der Waals surface area contributed by atoms with Gasteiger partial charge in [-0.3, -0.25) is 4.79 Å². The third-order valence-corrected chi connectivity index (χ3v) is 7.42. The first-order valence-electron chi connectivity index (χ1n) is 11.1. The zero-order valence-electron chi connectivity index (χ0n) is 20.0. The SMILES string of the molecule is CC(C)c1ccc2[nH]c(CC(C)(C)C(=O)O)c(C(SC(C)(C)C)c3ccc(Cl)cc3)c2c1. The smallest absolute Gasteiger partial charge is 0.309 e. The number of aromatic amines is 1. The molecule has 0 saturated carbocycles. The van der Waals surface area contributed by atoms with Crippen molar-refractivity contribution in [3.63, 3.8) is 0 Å². The fraction of sp³-hybridized carbons (Fsp3) is 0.444. The number of halogens is 1. The minimum absolute atomic E-state index is 0.00312. The van der Waals surface area contributed by atoms with Crippen LogP contribution in [0.1, 0.15) is 82.0 Å². The van der Waals surface area contributed by atoms with Crippen LogP contribution in [-0.2, 0) is 11.2 Å². The second-order valence-corrected chi connectivity index (χ2v) is 12.9. The highest BCUT2D eigenvalue weighted by Gasteiger charge is 2.33. The molecule has 0 aliphatic carbocycles. The van der Waals surface area contributed by atoms with Crippen molar-refractivity contribution in [3.05, 3.63) is 69.9 Å². The summed E-state index contributed by atoms with van der Waals surface area (Å²) in [5, 5.41) is 11.7. The number of hydrogen-bond acceptors (Lipinski definition) is 2. The van der Waals surface area contributed by atoms with Gasteiger partial charge in [0.15, 0.2) is 0 Å². The maximum absolute atomic E-state index is 12.0. The third-order valence-electron chi connectivity index (χ3n) is 5.72. The number of carboxylic acid groups (broad SMARTS) is 1. The lowest BCUT2D eigenvalue weighted by Crippen LogP contribution is -2.27. The summed E-state index contributed by atoms with van der Waals surface area (Å²) in [7, 11) is 0. The van der Waals surface area contributed by atoms with E-state index >= 15 is 0 Å². The first-order valence-corrected chi connectivity index (χ1v) is 12.4. The van der Waals surface area contributed by atoms with Crippen molar-refractivity contribution < 1.29 is 9.90 Å². The van der Waals surface area contributed by atoms with Crippen LogP contribution in [0.3, 0.4) is 0 Å². The Bertz CT molecular complexity index is 1110. The molecular weight excluding hydrogens is 438 g/mol. The predicted molar refractivity (Wildman–Crippen MR) is 138 cm³/mol. The fourth-order valence-corrected chi connectivity index (χ4v) is 5.40. The van der Waals surface area contributed by atoms with E-state index in [4.69, 9.17) is 11.6 Å². The molecule has 0 aliphatic heterocycles. The Kier molecular flexibility index (Phi) is 7.07. The number of fused-ring (bicyclic) bond motifs is 1. The van der Waals surface area contributed by atoms with Gasteiger partial charge in [-0.25, -0.2) is 0 Å². The number of aliphatic carboxylic acids is 1. The first kappa shape index (κ1) is 24.7. The molecule has 172 valence electrons. The molecule has 0 spiro atoms. The van der Waals surface area contributed by atoms with E-state index in [-0.39, 0.29) is 10.00 Å². The molecule has 1 atom stereocenters. The summed E-state index contributed by atoms with van der Waals surface area (Å²) >= 11 is 8.09. The van der Waals surface area contributed by atoms with Crippen LogP contribution in [0.4, 0.5) is 0 Å². The molecule has 32 heavy (non-hydrogen) atoms. The topological polar surface area (TPSA) is 53.1 Å². The molecule has 1 unspecified atom stereocenters. The van der Waals surface area contributed by atoms with E-state index in [2.05, 4.69) is 69.9 Å². The van der Waals surface area contributed by atoms with Gasteiger partial charge in [-0.15, -0.1) is 11.8 Å². The fourth-order valence-electron chi connectivity index (χ4n) is 3.89. The zero-order valence-corrected chi connectivity index (χ0v) is 21.6. The minimum atomic E-state index is -0.881. The van der Waals surface area contributed by atoms with Crippen molar-refractivity contribution in [2.45, 2.75) is 70.8 Å². The van der Waals surface area contributed by atoms with Gasteiger partial charge in [0.05, 0.1) is 10.7 Å². The molecule has 3 rings (SSSR count). The molecule has 1 heterocycles. The van der Waals surface area contributed by atoms with E-state index in [0.29, 0.717) is 17.4 Å². The Balaban J connectivity index is 2.30. The summed E-state index contributed by atoms with van der Waals surface area (Å²) in [5.41, 5.74) is 4.78. The molecule has 0 fully saturated rings. The van der Waals surface area contributed by atoms with Crippen molar-refractivity contribution in [3.8, 4) is 0 Å². The largest absolute Gasteiger partial charge is 0.481 e. The summed E-state index contributed by atoms with van der Waals surface area (Å²) < 4.78 is 0.00312. The number of hydrogen-bond donors (Lipinski definition) is 2. The molecule has 2 aromatic carbocycles. The van der Waals surface area contributed by atoms with Gasteiger partial charge in [0, 0.05) is 32.8 Å². The van der Waals surface area contributed by atoms with Gasteiger partial charge in [-0.2, -0.15) is 0 Å². The molecule has 2 N–H and O–H groups in total. The van der Waals surface area contributed by atoms with E-state index in [1.807, 2.05) is 23.9 Å². The van der Waals surface area contributed by atoms with E-state index in [9.17, 15) is 9.90 Å². The standard InChI is InChI=1S/C27H34ClNO2S/c1-16(2)18-10-13-21-20(14-18)23(22(29-21)15-27(6,7)25(30)31)24(32-26(3,4)5)17-8-11-19(28)12-9-17/h8-14,16,24,29H,15H2,1-7H3,(H,30,31). The summed E-state index contributed by atoms with van der Waals surface area (Å²) in [5.74, 6) is -0.387. The molecule has 3 nitrogen and oxygen atoms in total. The van der Waals surface area contributed by atoms with Crippen molar-refractivity contribution in [1.82, 2.24) is 4.98 Å². The monoisotopic (exact) mass is 471 g/mol. The summed E-state index contributed by atoms with van der Waals surface area (Å²) in [6.07, 6.45) is 0.429. The Morgan fingerprint density at radius 1 is 1.03 bits per heavy atom. The van der Waals surface area contributed by atoms with Crippen molar-refractivity contribution in [1.29, 1.82) is 0 Å². The Hall–Kier alpha value is -1.91. The lowest BCUT2D eigenvalue weighted by Gasteiger charge is -2.28. The maximum atomic E-state index is 12.0. The summed E-state index contributed by atoms with van der Waals surface area (Å²) in [4.78, 5) is 15.6. The zero-order chi connectivity index (χ0) is 23.8. The van der Waals surface area contributed by atoms with E-state index in [1.165, 1.54) is 22.1 Å². The molecule has 3 aromatic rings. The minimum Gasteiger partial charge on any atom is -0.481 e. The van der Waals surface area contributed by atoms with Gasteiger partial charge in [-0.1, -0.05) is 64.4 Å². The van der Waals surface area contributed by atoms with Gasteiger partial charge in [-0.05, 0) is 60.7 Å². The molecule has 0 bridgehead atoms. The van der Waals surface area contributed by atoms with Crippen LogP contribution in [0.5, 0.6) is 0 Å². The van der Waals surface area contributed by atoms with Crippen LogP contribution in [0.25, 0.3) is 10.9 Å². The van der Waals surface area contributed by atoms with E-state index in [0.717, 1.165) is 11.2 Å². The second kappa shape index (κ2) is 9.15. The molecule has 0 radical (unpaired) electrons. The number of rotatable bonds is 7. The Labute approximate surface area is 201 Å². The molecule has 0 saturated heterocycles. The third kappa shape index (κ3) is 5.52. The van der Waals surface area contributed by atoms with Crippen LogP contribution >= 0.6 is 23.4 Å². The van der Waals surface area contributed by atoms with Crippen LogP contribution < -0.4 is 0 Å². The number of H-pyrrole nitrogens is 1. The maximum Gasteiger partial charge on any atom is 0.309 e. The molecular formula is C27H34ClNO2S. The van der Waals surface area contributed by atoms with Gasteiger partial charge in [0.2, 0.25) is 0 Å². The van der Waals surface area contributed by atoms with Crippen LogP contribution in [0.2, 0.25) is 5.02 Å². The summed E-state index contributed by atoms with van der Waals surface area (Å²) in [6.45, 7) is 14.6. The molecule has 0 aliphatic rings. The van der Waals surface area contributed by atoms with Gasteiger partial charge < -0.3 is 10.1 Å². The predicted octanol–water partition coefficient (Wildman–Crippen LogP) is 8.22. The van der Waals surface area contributed by atoms with Gasteiger partial charge in [0.1, 0.15) is 0 Å².